The first-order valence-corrected chi connectivity index (χ1v) is 6.38. The van der Waals surface area contributed by atoms with E-state index in [2.05, 4.69) is 5.32 Å². The van der Waals surface area contributed by atoms with E-state index in [1.54, 1.807) is 14.0 Å². The van der Waals surface area contributed by atoms with Gasteiger partial charge in [0.15, 0.2) is 0 Å². The molecule has 0 spiro atoms. The Balaban J connectivity index is 2.78. The second kappa shape index (κ2) is 7.63. The number of carbonyl (C=O) groups is 1. The van der Waals surface area contributed by atoms with Crippen molar-refractivity contribution in [1.29, 1.82) is 0 Å². The summed E-state index contributed by atoms with van der Waals surface area (Å²) in [4.78, 5) is 11.0. The van der Waals surface area contributed by atoms with Gasteiger partial charge in [-0.25, -0.2) is 0 Å². The van der Waals surface area contributed by atoms with Gasteiger partial charge in [-0.2, -0.15) is 0 Å². The lowest BCUT2D eigenvalue weighted by Gasteiger charge is -2.15. The van der Waals surface area contributed by atoms with Crippen molar-refractivity contribution in [2.75, 3.05) is 20.3 Å². The predicted octanol–water partition coefficient (Wildman–Crippen LogP) is 1.30. The Hall–Kier alpha value is -1.75. The third kappa shape index (κ3) is 4.79. The lowest BCUT2D eigenvalue weighted by molar-refractivity contribution is -0.122. The van der Waals surface area contributed by atoms with Crippen LogP contribution >= 0.6 is 0 Å². The van der Waals surface area contributed by atoms with Crippen LogP contribution in [0.25, 0.3) is 0 Å². The molecule has 0 aromatic heterocycles. The summed E-state index contributed by atoms with van der Waals surface area (Å²) < 4.78 is 10.9. The van der Waals surface area contributed by atoms with E-state index in [0.29, 0.717) is 12.3 Å². The first-order chi connectivity index (χ1) is 9.08. The van der Waals surface area contributed by atoms with Crippen molar-refractivity contribution in [3.63, 3.8) is 0 Å². The molecule has 1 rings (SSSR count). The number of ether oxygens (including phenoxy) is 2. The van der Waals surface area contributed by atoms with E-state index in [1.807, 2.05) is 25.1 Å². The number of primary amides is 1. The van der Waals surface area contributed by atoms with Gasteiger partial charge in [-0.15, -0.1) is 0 Å². The molecule has 0 radical (unpaired) electrons. The molecule has 0 saturated carbocycles. The summed E-state index contributed by atoms with van der Waals surface area (Å²) in [6.07, 6.45) is 0. The highest BCUT2D eigenvalue weighted by atomic mass is 16.5. The highest BCUT2D eigenvalue weighted by Gasteiger charge is 2.12. The van der Waals surface area contributed by atoms with Gasteiger partial charge in [-0.1, -0.05) is 19.9 Å². The summed E-state index contributed by atoms with van der Waals surface area (Å²) in [5, 5.41) is 3.24. The molecule has 0 aliphatic carbocycles. The van der Waals surface area contributed by atoms with E-state index in [-0.39, 0.29) is 18.4 Å². The largest absolute Gasteiger partial charge is 0.497 e. The van der Waals surface area contributed by atoms with Gasteiger partial charge in [0, 0.05) is 18.2 Å². The van der Waals surface area contributed by atoms with Crippen LogP contribution < -0.4 is 20.5 Å². The summed E-state index contributed by atoms with van der Waals surface area (Å²) in [6.45, 7) is 5.64. The van der Waals surface area contributed by atoms with Crippen molar-refractivity contribution in [1.82, 2.24) is 5.32 Å². The highest BCUT2D eigenvalue weighted by Crippen LogP contribution is 2.25. The number of nitrogens with two attached hydrogens (primary N) is 1. The minimum Gasteiger partial charge on any atom is -0.497 e. The van der Waals surface area contributed by atoms with E-state index in [0.717, 1.165) is 17.9 Å². The van der Waals surface area contributed by atoms with Crippen LogP contribution in [0.2, 0.25) is 0 Å². The number of rotatable bonds is 8. The molecular weight excluding hydrogens is 244 g/mol. The normalized spacial score (nSPS) is 11.9. The maximum absolute atomic E-state index is 11.0. The zero-order chi connectivity index (χ0) is 14.3. The molecule has 5 heteroatoms. The van der Waals surface area contributed by atoms with Crippen molar-refractivity contribution in [3.8, 4) is 11.5 Å². The summed E-state index contributed by atoms with van der Waals surface area (Å²) in [5.74, 6) is 0.754. The second-order valence-corrected chi connectivity index (χ2v) is 4.37. The Morgan fingerprint density at radius 3 is 2.79 bits per heavy atom. The molecule has 5 nitrogen and oxygen atoms in total. The Kier molecular flexibility index (Phi) is 6.15. The number of hydrogen-bond acceptors (Lipinski definition) is 4. The average molecular weight is 266 g/mol. The fourth-order valence-corrected chi connectivity index (χ4v) is 1.50. The maximum Gasteiger partial charge on any atom is 0.223 e. The molecule has 1 atom stereocenters. The van der Waals surface area contributed by atoms with E-state index >= 15 is 0 Å². The highest BCUT2D eigenvalue weighted by molar-refractivity contribution is 5.76. The molecule has 0 heterocycles. The third-order valence-electron chi connectivity index (χ3n) is 2.81. The molecule has 0 aliphatic heterocycles. The van der Waals surface area contributed by atoms with Crippen LogP contribution in [0.5, 0.6) is 11.5 Å². The fourth-order valence-electron chi connectivity index (χ4n) is 1.50. The van der Waals surface area contributed by atoms with Crippen LogP contribution in [0, 0.1) is 5.92 Å². The van der Waals surface area contributed by atoms with E-state index in [1.165, 1.54) is 0 Å². The van der Waals surface area contributed by atoms with Gasteiger partial charge in [0.05, 0.1) is 19.6 Å². The van der Waals surface area contributed by atoms with Crippen LogP contribution in [-0.4, -0.2) is 26.2 Å². The quantitative estimate of drug-likeness (QED) is 0.744. The fraction of sp³-hybridized carbons (Fsp3) is 0.500. The Morgan fingerprint density at radius 2 is 2.21 bits per heavy atom. The Bertz CT molecular complexity index is 421. The third-order valence-corrected chi connectivity index (χ3v) is 2.81. The van der Waals surface area contributed by atoms with Crippen molar-refractivity contribution in [2.45, 2.75) is 20.4 Å². The van der Waals surface area contributed by atoms with Crippen LogP contribution in [0.4, 0.5) is 0 Å². The maximum atomic E-state index is 11.0. The number of benzene rings is 1. The topological polar surface area (TPSA) is 73.6 Å². The molecule has 106 valence electrons. The molecule has 0 aliphatic rings. The molecule has 1 aromatic rings. The first kappa shape index (κ1) is 15.3. The van der Waals surface area contributed by atoms with Crippen LogP contribution in [-0.2, 0) is 11.3 Å². The average Bonchev–Trinajstić information content (AvgIpc) is 2.42. The molecule has 0 bridgehead atoms. The first-order valence-electron chi connectivity index (χ1n) is 6.38. The van der Waals surface area contributed by atoms with Crippen LogP contribution in [0.3, 0.4) is 0 Å². The van der Waals surface area contributed by atoms with E-state index in [9.17, 15) is 4.79 Å². The van der Waals surface area contributed by atoms with Crippen LogP contribution in [0.15, 0.2) is 18.2 Å². The van der Waals surface area contributed by atoms with Crippen molar-refractivity contribution < 1.29 is 14.3 Å². The standard InChI is InChI=1S/C14H22N2O3/c1-4-16-8-11-5-6-12(18-3)7-13(11)19-9-10(2)14(15)17/h5-7,10,16H,4,8-9H2,1-3H3,(H2,15,17). The van der Waals surface area contributed by atoms with Crippen molar-refractivity contribution >= 4 is 5.91 Å². The number of nitrogens with one attached hydrogen (secondary N) is 1. The van der Waals surface area contributed by atoms with Gasteiger partial charge < -0.3 is 20.5 Å². The Labute approximate surface area is 114 Å². The minimum atomic E-state index is -0.365. The lowest BCUT2D eigenvalue weighted by Crippen LogP contribution is -2.26. The summed E-state index contributed by atoms with van der Waals surface area (Å²) >= 11 is 0. The second-order valence-electron chi connectivity index (χ2n) is 4.37. The number of amides is 1. The van der Waals surface area contributed by atoms with Gasteiger partial charge in [0.2, 0.25) is 5.91 Å². The molecule has 1 aromatic carbocycles. The number of carbonyl (C=O) groups excluding carboxylic acids is 1. The molecule has 1 amide bonds. The predicted molar refractivity (Wildman–Crippen MR) is 74.2 cm³/mol. The smallest absolute Gasteiger partial charge is 0.223 e. The monoisotopic (exact) mass is 266 g/mol. The van der Waals surface area contributed by atoms with Crippen molar-refractivity contribution in [2.24, 2.45) is 11.7 Å². The summed E-state index contributed by atoms with van der Waals surface area (Å²) in [6, 6.07) is 5.66. The van der Waals surface area contributed by atoms with Crippen molar-refractivity contribution in [3.05, 3.63) is 23.8 Å². The van der Waals surface area contributed by atoms with E-state index in [4.69, 9.17) is 15.2 Å². The number of hydrogen-bond donors (Lipinski definition) is 2. The minimum absolute atomic E-state index is 0.266. The van der Waals surface area contributed by atoms with Gasteiger partial charge >= 0.3 is 0 Å². The molecule has 0 fully saturated rings. The Morgan fingerprint density at radius 1 is 1.47 bits per heavy atom. The zero-order valence-corrected chi connectivity index (χ0v) is 11.7. The molecule has 19 heavy (non-hydrogen) atoms. The SMILES string of the molecule is CCNCc1ccc(OC)cc1OCC(C)C(N)=O. The van der Waals surface area contributed by atoms with Crippen LogP contribution in [0.1, 0.15) is 19.4 Å². The summed E-state index contributed by atoms with van der Waals surface area (Å²) in [7, 11) is 1.61. The van der Waals surface area contributed by atoms with E-state index < -0.39 is 0 Å². The lowest BCUT2D eigenvalue weighted by atomic mass is 10.1. The zero-order valence-electron chi connectivity index (χ0n) is 11.7. The molecule has 1 unspecified atom stereocenters. The number of methoxy groups -OCH3 is 1. The van der Waals surface area contributed by atoms with Gasteiger partial charge in [-0.3, -0.25) is 4.79 Å². The molecule has 3 N–H and O–H groups in total. The van der Waals surface area contributed by atoms with Gasteiger partial charge in [0.25, 0.3) is 0 Å². The molecule has 0 saturated heterocycles. The summed E-state index contributed by atoms with van der Waals surface area (Å²) in [5.41, 5.74) is 6.25. The molecular formula is C14H22N2O3. The van der Waals surface area contributed by atoms with Gasteiger partial charge in [0.1, 0.15) is 11.5 Å². The van der Waals surface area contributed by atoms with Gasteiger partial charge in [-0.05, 0) is 12.6 Å².